The van der Waals surface area contributed by atoms with Crippen molar-refractivity contribution in [2.45, 2.75) is 39.0 Å². The number of hydrogen-bond acceptors (Lipinski definition) is 4. The molecular formula is C18H22N2O4. The van der Waals surface area contributed by atoms with Gasteiger partial charge in [0.25, 0.3) is 11.4 Å². The van der Waals surface area contributed by atoms with Crippen molar-refractivity contribution in [3.05, 3.63) is 45.4 Å². The summed E-state index contributed by atoms with van der Waals surface area (Å²) in [5.41, 5.74) is 2.47. The lowest BCUT2D eigenvalue weighted by atomic mass is 10.1. The molecule has 0 radical (unpaired) electrons. The summed E-state index contributed by atoms with van der Waals surface area (Å²) in [5.74, 6) is 1.15. The predicted octanol–water partition coefficient (Wildman–Crippen LogP) is 3.01. The van der Waals surface area contributed by atoms with Gasteiger partial charge in [-0.1, -0.05) is 6.42 Å². The fourth-order valence-corrected chi connectivity index (χ4v) is 3.37. The minimum Gasteiger partial charge on any atom is -0.805 e. The third kappa shape index (κ3) is 2.62. The molecule has 0 unspecified atom stereocenters. The Hall–Kier alpha value is -2.50. The number of methoxy groups -OCH3 is 2. The van der Waals surface area contributed by atoms with E-state index in [0.717, 1.165) is 28.4 Å². The van der Waals surface area contributed by atoms with Crippen molar-refractivity contribution in [2.24, 2.45) is 0 Å². The fraction of sp³-hybridized carbons (Fsp3) is 0.444. The van der Waals surface area contributed by atoms with Gasteiger partial charge in [-0.05, 0) is 44.4 Å². The number of nitrogens with zero attached hydrogens (tertiary/aromatic N) is 2. The number of benzene rings is 1. The van der Waals surface area contributed by atoms with Crippen molar-refractivity contribution in [3.63, 3.8) is 0 Å². The summed E-state index contributed by atoms with van der Waals surface area (Å²) in [6.07, 6.45) is 4.17. The second-order valence-electron chi connectivity index (χ2n) is 6.04. The Bertz CT molecular complexity index is 827. The lowest BCUT2D eigenvalue weighted by molar-refractivity contribution is -0.494. The molecule has 6 nitrogen and oxygen atoms in total. The highest BCUT2D eigenvalue weighted by molar-refractivity contribution is 5.69. The first-order valence-corrected chi connectivity index (χ1v) is 8.18. The number of hydrogen-bond donors (Lipinski definition) is 0. The summed E-state index contributed by atoms with van der Waals surface area (Å²) in [6.45, 7) is 1.68. The molecular weight excluding hydrogens is 308 g/mol. The molecule has 0 bridgehead atoms. The molecule has 0 atom stereocenters. The minimum absolute atomic E-state index is 0.335. The zero-order valence-corrected chi connectivity index (χ0v) is 14.3. The van der Waals surface area contributed by atoms with E-state index in [1.54, 1.807) is 39.3 Å². The zero-order valence-electron chi connectivity index (χ0n) is 14.3. The maximum atomic E-state index is 13.1. The van der Waals surface area contributed by atoms with Gasteiger partial charge in [0.2, 0.25) is 0 Å². The fourth-order valence-electron chi connectivity index (χ4n) is 3.37. The second-order valence-corrected chi connectivity index (χ2v) is 6.04. The van der Waals surface area contributed by atoms with Crippen LogP contribution >= 0.6 is 0 Å². The molecule has 0 saturated carbocycles. The maximum absolute atomic E-state index is 13.1. The van der Waals surface area contributed by atoms with Crippen LogP contribution in [0.4, 0.5) is 0 Å². The molecule has 0 aliphatic heterocycles. The van der Waals surface area contributed by atoms with Gasteiger partial charge < -0.3 is 19.4 Å². The normalized spacial score (nSPS) is 14.0. The molecule has 128 valence electrons. The van der Waals surface area contributed by atoms with Crippen molar-refractivity contribution in [1.29, 1.82) is 0 Å². The van der Waals surface area contributed by atoms with Gasteiger partial charge >= 0.3 is 0 Å². The Morgan fingerprint density at radius 3 is 2.58 bits per heavy atom. The summed E-state index contributed by atoms with van der Waals surface area (Å²) < 4.78 is 12.5. The Kier molecular flexibility index (Phi) is 4.46. The first-order chi connectivity index (χ1) is 11.6. The van der Waals surface area contributed by atoms with Gasteiger partial charge in [-0.2, -0.15) is 0 Å². The van der Waals surface area contributed by atoms with Crippen LogP contribution in [-0.4, -0.2) is 19.0 Å². The van der Waals surface area contributed by atoms with Gasteiger partial charge in [-0.15, -0.1) is 0 Å². The van der Waals surface area contributed by atoms with Crippen LogP contribution in [-0.2, 0) is 12.8 Å². The summed E-state index contributed by atoms with van der Waals surface area (Å²) in [6, 6.07) is 5.24. The van der Waals surface area contributed by atoms with Gasteiger partial charge in [-0.3, -0.25) is 0 Å². The molecule has 1 aromatic carbocycles. The summed E-state index contributed by atoms with van der Waals surface area (Å²) in [4.78, 5) is 13.1. The number of fused-ring (bicyclic) bond motifs is 1. The molecule has 24 heavy (non-hydrogen) atoms. The predicted molar refractivity (Wildman–Crippen MR) is 91.1 cm³/mol. The second kappa shape index (κ2) is 6.55. The Balaban J connectivity index is 2.32. The Labute approximate surface area is 140 Å². The molecule has 3 rings (SSSR count). The largest absolute Gasteiger partial charge is 0.805 e. The van der Waals surface area contributed by atoms with Crippen LogP contribution in [0.2, 0.25) is 0 Å². The molecule has 1 aliphatic carbocycles. The van der Waals surface area contributed by atoms with Crippen molar-refractivity contribution >= 4 is 0 Å². The highest BCUT2D eigenvalue weighted by Crippen LogP contribution is 2.34. The van der Waals surface area contributed by atoms with Crippen molar-refractivity contribution in [3.8, 4) is 22.8 Å². The van der Waals surface area contributed by atoms with Gasteiger partial charge in [0.15, 0.2) is 0 Å². The van der Waals surface area contributed by atoms with Crippen molar-refractivity contribution in [2.75, 3.05) is 14.2 Å². The molecule has 1 aliphatic rings. The van der Waals surface area contributed by atoms with E-state index in [-0.39, 0.29) is 0 Å². The van der Waals surface area contributed by atoms with E-state index in [1.807, 2.05) is 0 Å². The zero-order chi connectivity index (χ0) is 17.3. The summed E-state index contributed by atoms with van der Waals surface area (Å²) >= 11 is 0. The third-order valence-electron chi connectivity index (χ3n) is 4.66. The lowest BCUT2D eigenvalue weighted by Gasteiger charge is -2.20. The Morgan fingerprint density at radius 1 is 1.12 bits per heavy atom. The van der Waals surface area contributed by atoms with Crippen LogP contribution in [0.1, 0.15) is 36.3 Å². The first-order valence-electron chi connectivity index (χ1n) is 8.18. The molecule has 0 N–H and O–H groups in total. The highest BCUT2D eigenvalue weighted by Gasteiger charge is 2.29. The van der Waals surface area contributed by atoms with Crippen LogP contribution in [0.25, 0.3) is 11.3 Å². The minimum atomic E-state index is 0.335. The van der Waals surface area contributed by atoms with Crippen LogP contribution in [0, 0.1) is 17.0 Å². The highest BCUT2D eigenvalue weighted by atomic mass is 16.5. The SMILES string of the molecule is COc1ccc(OC)c(-c2c(C)n([O-])c3c([n+]2=O)CCCCC3)c1. The smallest absolute Gasteiger partial charge is 0.292 e. The van der Waals surface area contributed by atoms with Gasteiger partial charge in [-0.25, -0.2) is 0 Å². The number of aromatic nitrogens is 2. The van der Waals surface area contributed by atoms with E-state index in [2.05, 4.69) is 0 Å². The van der Waals surface area contributed by atoms with E-state index in [0.29, 0.717) is 52.7 Å². The molecule has 1 aromatic heterocycles. The van der Waals surface area contributed by atoms with E-state index in [1.165, 1.54) is 0 Å². The third-order valence-corrected chi connectivity index (χ3v) is 4.66. The molecule has 0 saturated heterocycles. The quantitative estimate of drug-likeness (QED) is 0.641. The van der Waals surface area contributed by atoms with Crippen LogP contribution in [0.15, 0.2) is 18.2 Å². The number of ether oxygens (including phenoxy) is 2. The van der Waals surface area contributed by atoms with Crippen molar-refractivity contribution < 1.29 is 13.9 Å². The van der Waals surface area contributed by atoms with Crippen molar-refractivity contribution in [1.82, 2.24) is 4.73 Å². The molecule has 1 heterocycles. The monoisotopic (exact) mass is 330 g/mol. The van der Waals surface area contributed by atoms with Crippen LogP contribution in [0.3, 0.4) is 0 Å². The molecule has 0 spiro atoms. The summed E-state index contributed by atoms with van der Waals surface area (Å²) in [7, 11) is 3.11. The standard InChI is InChI=1S/C18H22N2O4/c1-12-18(14-11-13(23-2)9-10-17(14)24-3)20(22)16-8-6-4-5-7-15(16)19(12)21/h9-11H,4-8H2,1-3H3. The molecule has 2 aromatic rings. The molecule has 6 heteroatoms. The van der Waals surface area contributed by atoms with E-state index < -0.39 is 0 Å². The van der Waals surface area contributed by atoms with Crippen LogP contribution < -0.4 is 13.9 Å². The van der Waals surface area contributed by atoms with E-state index >= 15 is 0 Å². The van der Waals surface area contributed by atoms with Gasteiger partial charge in [0.1, 0.15) is 11.5 Å². The van der Waals surface area contributed by atoms with Crippen LogP contribution in [0.5, 0.6) is 11.5 Å². The van der Waals surface area contributed by atoms with Gasteiger partial charge in [0.05, 0.1) is 35.6 Å². The van der Waals surface area contributed by atoms with E-state index in [4.69, 9.17) is 9.47 Å². The lowest BCUT2D eigenvalue weighted by Crippen LogP contribution is -2.31. The Morgan fingerprint density at radius 2 is 1.88 bits per heavy atom. The maximum Gasteiger partial charge on any atom is 0.292 e. The van der Waals surface area contributed by atoms with E-state index in [9.17, 15) is 10.1 Å². The molecule has 0 fully saturated rings. The first kappa shape index (κ1) is 16.4. The average Bonchev–Trinajstić information content (AvgIpc) is 2.86. The average molecular weight is 330 g/mol. The van der Waals surface area contributed by atoms with Gasteiger partial charge in [0, 0.05) is 11.3 Å². The summed E-state index contributed by atoms with van der Waals surface area (Å²) in [5, 5.41) is 12.8. The molecule has 0 amide bonds. The topological polar surface area (TPSA) is 69.4 Å². The number of rotatable bonds is 3.